The average molecular weight is 145 g/mol. The summed E-state index contributed by atoms with van der Waals surface area (Å²) in [6, 6.07) is 0. The van der Waals surface area contributed by atoms with Gasteiger partial charge in [0.2, 0.25) is 0 Å². The lowest BCUT2D eigenvalue weighted by molar-refractivity contribution is 0.0331. The highest BCUT2D eigenvalue weighted by atomic mass is 16.5. The second-order valence-electron chi connectivity index (χ2n) is 2.41. The summed E-state index contributed by atoms with van der Waals surface area (Å²) >= 11 is 0. The van der Waals surface area contributed by atoms with Gasteiger partial charge in [-0.2, -0.15) is 0 Å². The lowest BCUT2D eigenvalue weighted by atomic mass is 10.3. The Hall–Kier alpha value is -0.0800. The quantitative estimate of drug-likeness (QED) is 0.532. The Morgan fingerprint density at radius 1 is 1.50 bits per heavy atom. The Labute approximate surface area is 63.5 Å². The first kappa shape index (κ1) is 9.92. The maximum Gasteiger partial charge on any atom is 0.0781 e. The van der Waals surface area contributed by atoms with E-state index in [1.165, 1.54) is 6.42 Å². The molecule has 0 saturated heterocycles. The van der Waals surface area contributed by atoms with E-state index < -0.39 is 0 Å². The van der Waals surface area contributed by atoms with Crippen molar-refractivity contribution in [1.82, 2.24) is 0 Å². The van der Waals surface area contributed by atoms with Gasteiger partial charge in [-0.15, -0.1) is 0 Å². The van der Waals surface area contributed by atoms with E-state index >= 15 is 0 Å². The van der Waals surface area contributed by atoms with E-state index in [-0.39, 0.29) is 6.10 Å². The summed E-state index contributed by atoms with van der Waals surface area (Å²) in [4.78, 5) is 0. The van der Waals surface area contributed by atoms with Gasteiger partial charge in [0.25, 0.3) is 0 Å². The van der Waals surface area contributed by atoms with Crippen LogP contribution >= 0.6 is 0 Å². The molecule has 0 aromatic rings. The van der Waals surface area contributed by atoms with Crippen molar-refractivity contribution in [2.45, 2.75) is 32.8 Å². The van der Waals surface area contributed by atoms with Crippen LogP contribution in [0.2, 0.25) is 0 Å². The van der Waals surface area contributed by atoms with Crippen molar-refractivity contribution >= 4 is 0 Å². The fraction of sp³-hybridized carbons (Fsp3) is 0.875. The van der Waals surface area contributed by atoms with Crippen molar-refractivity contribution in [2.75, 3.05) is 13.2 Å². The highest BCUT2D eigenvalue weighted by molar-refractivity contribution is 4.45. The first-order valence-electron chi connectivity index (χ1n) is 3.79. The van der Waals surface area contributed by atoms with Crippen molar-refractivity contribution in [3.8, 4) is 0 Å². The van der Waals surface area contributed by atoms with Crippen LogP contribution in [0.4, 0.5) is 0 Å². The normalized spacial score (nSPS) is 13.5. The van der Waals surface area contributed by atoms with Gasteiger partial charge in [0.05, 0.1) is 19.8 Å². The predicted octanol–water partition coefficient (Wildman–Crippen LogP) is 2.00. The summed E-state index contributed by atoms with van der Waals surface area (Å²) in [6.07, 6.45) is 2.43. The van der Waals surface area contributed by atoms with Crippen molar-refractivity contribution in [1.29, 1.82) is 0 Å². The minimum atomic E-state index is 0.122. The molecule has 0 aliphatic rings. The molecule has 1 radical (unpaired) electrons. The van der Waals surface area contributed by atoms with Crippen LogP contribution < -0.4 is 0 Å². The van der Waals surface area contributed by atoms with Crippen molar-refractivity contribution in [2.24, 2.45) is 0 Å². The lowest BCUT2D eigenvalue weighted by Crippen LogP contribution is -2.13. The molecule has 10 heavy (non-hydrogen) atoms. The standard InChI is InChI=1S/C8H17O2/c1-4-5-6-10-7-8(2)9-3/h8H,3-7H2,1-2H3. The summed E-state index contributed by atoms with van der Waals surface area (Å²) in [6.45, 7) is 5.58. The summed E-state index contributed by atoms with van der Waals surface area (Å²) in [5, 5.41) is 0. The highest BCUT2D eigenvalue weighted by Crippen LogP contribution is 1.92. The summed E-state index contributed by atoms with van der Waals surface area (Å²) in [5.74, 6) is 0. The summed E-state index contributed by atoms with van der Waals surface area (Å²) in [5.41, 5.74) is 0. The number of unbranched alkanes of at least 4 members (excludes halogenated alkanes) is 1. The second-order valence-corrected chi connectivity index (χ2v) is 2.41. The molecular weight excluding hydrogens is 128 g/mol. The number of hydrogen-bond donors (Lipinski definition) is 0. The van der Waals surface area contributed by atoms with Gasteiger partial charge in [-0.25, -0.2) is 0 Å². The molecule has 0 aliphatic carbocycles. The van der Waals surface area contributed by atoms with Crippen LogP contribution in [0.25, 0.3) is 0 Å². The van der Waals surface area contributed by atoms with Crippen LogP contribution in [0.5, 0.6) is 0 Å². The number of rotatable bonds is 6. The van der Waals surface area contributed by atoms with Crippen molar-refractivity contribution < 1.29 is 9.47 Å². The molecule has 0 amide bonds. The number of hydrogen-bond acceptors (Lipinski definition) is 2. The Kier molecular flexibility index (Phi) is 6.98. The van der Waals surface area contributed by atoms with Gasteiger partial charge in [-0.1, -0.05) is 13.3 Å². The molecule has 61 valence electrons. The maximum atomic E-state index is 5.26. The molecule has 0 spiro atoms. The van der Waals surface area contributed by atoms with Gasteiger partial charge in [0.1, 0.15) is 0 Å². The molecule has 0 aromatic carbocycles. The monoisotopic (exact) mass is 145 g/mol. The largest absolute Gasteiger partial charge is 0.379 e. The van der Waals surface area contributed by atoms with Crippen LogP contribution in [0.3, 0.4) is 0 Å². The molecular formula is C8H17O2. The molecule has 0 heterocycles. The van der Waals surface area contributed by atoms with Gasteiger partial charge in [-0.3, -0.25) is 0 Å². The van der Waals surface area contributed by atoms with Crippen molar-refractivity contribution in [3.05, 3.63) is 7.11 Å². The molecule has 0 aromatic heterocycles. The zero-order valence-corrected chi connectivity index (χ0v) is 6.93. The zero-order valence-electron chi connectivity index (χ0n) is 6.93. The molecule has 0 rings (SSSR count). The van der Waals surface area contributed by atoms with Crippen LogP contribution in [-0.2, 0) is 9.47 Å². The molecule has 0 N–H and O–H groups in total. The predicted molar refractivity (Wildman–Crippen MR) is 41.6 cm³/mol. The van der Waals surface area contributed by atoms with E-state index in [2.05, 4.69) is 14.0 Å². The van der Waals surface area contributed by atoms with E-state index in [1.54, 1.807) is 0 Å². The van der Waals surface area contributed by atoms with Gasteiger partial charge in [-0.05, 0) is 13.3 Å². The zero-order chi connectivity index (χ0) is 7.82. The van der Waals surface area contributed by atoms with Crippen LogP contribution in [0, 0.1) is 7.11 Å². The van der Waals surface area contributed by atoms with Crippen molar-refractivity contribution in [3.63, 3.8) is 0 Å². The van der Waals surface area contributed by atoms with Gasteiger partial charge in [0.15, 0.2) is 0 Å². The van der Waals surface area contributed by atoms with Gasteiger partial charge in [0, 0.05) is 6.61 Å². The number of ether oxygens (including phenoxy) is 2. The second kappa shape index (κ2) is 7.03. The molecule has 0 fully saturated rings. The van der Waals surface area contributed by atoms with E-state index in [0.29, 0.717) is 6.61 Å². The van der Waals surface area contributed by atoms with E-state index in [4.69, 9.17) is 9.47 Å². The first-order valence-corrected chi connectivity index (χ1v) is 3.79. The Bertz CT molecular complexity index is 64.3. The van der Waals surface area contributed by atoms with Gasteiger partial charge >= 0.3 is 0 Å². The minimum absolute atomic E-state index is 0.122. The fourth-order valence-corrected chi connectivity index (χ4v) is 0.544. The summed E-state index contributed by atoms with van der Waals surface area (Å²) < 4.78 is 10.0. The smallest absolute Gasteiger partial charge is 0.0781 e. The van der Waals surface area contributed by atoms with Crippen LogP contribution in [0.15, 0.2) is 0 Å². The molecule has 1 unspecified atom stereocenters. The van der Waals surface area contributed by atoms with Crippen LogP contribution in [0.1, 0.15) is 26.7 Å². The Morgan fingerprint density at radius 3 is 2.70 bits per heavy atom. The molecule has 2 heteroatoms. The first-order chi connectivity index (χ1) is 4.81. The SMILES string of the molecule is [CH2]OC(C)COCCCC. The topological polar surface area (TPSA) is 18.5 Å². The molecule has 1 atom stereocenters. The summed E-state index contributed by atoms with van der Waals surface area (Å²) in [7, 11) is 3.30. The molecule has 0 bridgehead atoms. The fourth-order valence-electron chi connectivity index (χ4n) is 0.544. The lowest BCUT2D eigenvalue weighted by Gasteiger charge is -2.08. The Morgan fingerprint density at radius 2 is 2.20 bits per heavy atom. The maximum absolute atomic E-state index is 5.26. The van der Waals surface area contributed by atoms with Crippen LogP contribution in [-0.4, -0.2) is 19.3 Å². The third-order valence-corrected chi connectivity index (χ3v) is 1.28. The highest BCUT2D eigenvalue weighted by Gasteiger charge is 1.96. The average Bonchev–Trinajstić information content (AvgIpc) is 1.98. The molecule has 2 nitrogen and oxygen atoms in total. The Balaban J connectivity index is 2.89. The molecule has 0 aliphatic heterocycles. The minimum Gasteiger partial charge on any atom is -0.379 e. The molecule has 0 saturated carbocycles. The van der Waals surface area contributed by atoms with Gasteiger partial charge < -0.3 is 9.47 Å². The van der Waals surface area contributed by atoms with E-state index in [1.807, 2.05) is 6.92 Å². The van der Waals surface area contributed by atoms with E-state index in [9.17, 15) is 0 Å². The third kappa shape index (κ3) is 6.05. The van der Waals surface area contributed by atoms with E-state index in [0.717, 1.165) is 13.0 Å². The third-order valence-electron chi connectivity index (χ3n) is 1.28.